The minimum atomic E-state index is -4.52. The molecule has 0 fully saturated rings. The van der Waals surface area contributed by atoms with E-state index < -0.39 is 17.5 Å². The van der Waals surface area contributed by atoms with Crippen LogP contribution in [0.1, 0.15) is 32.9 Å². The maximum absolute atomic E-state index is 12.8. The van der Waals surface area contributed by atoms with Gasteiger partial charge in [-0.2, -0.15) is 18.2 Å². The Bertz CT molecular complexity index is 463. The van der Waals surface area contributed by atoms with Crippen LogP contribution in [0.2, 0.25) is 0 Å². The van der Waals surface area contributed by atoms with Gasteiger partial charge in [0.05, 0.1) is 5.60 Å². The van der Waals surface area contributed by atoms with Gasteiger partial charge < -0.3 is 15.4 Å². The molecule has 8 heteroatoms. The summed E-state index contributed by atoms with van der Waals surface area (Å²) in [5.74, 6) is 0.0745. The topological polar surface area (TPSA) is 59.1 Å². The van der Waals surface area contributed by atoms with Crippen LogP contribution >= 0.6 is 0 Å². The number of nitrogens with one attached hydrogen (secondary N) is 2. The lowest BCUT2D eigenvalue weighted by molar-refractivity contribution is -0.141. The zero-order chi connectivity index (χ0) is 16.1. The van der Waals surface area contributed by atoms with Crippen LogP contribution in [0.3, 0.4) is 0 Å². The molecular formula is C13H21F3N4O. The molecule has 2 N–H and O–H groups in total. The number of aromatic nitrogens is 2. The van der Waals surface area contributed by atoms with Gasteiger partial charge in [-0.05, 0) is 20.3 Å². The van der Waals surface area contributed by atoms with Crippen LogP contribution in [0.4, 0.5) is 24.9 Å². The number of ether oxygens (including phenoxy) is 1. The predicted octanol–water partition coefficient (Wildman–Crippen LogP) is 3.15. The van der Waals surface area contributed by atoms with E-state index >= 15 is 0 Å². The Morgan fingerprint density at radius 2 is 1.86 bits per heavy atom. The molecule has 0 bridgehead atoms. The first-order valence-corrected chi connectivity index (χ1v) is 6.67. The van der Waals surface area contributed by atoms with Gasteiger partial charge in [-0.3, -0.25) is 0 Å². The number of hydrogen-bond acceptors (Lipinski definition) is 5. The second-order valence-electron chi connectivity index (χ2n) is 5.20. The van der Waals surface area contributed by atoms with E-state index in [1.54, 1.807) is 0 Å². The molecule has 120 valence electrons. The molecule has 0 saturated carbocycles. The van der Waals surface area contributed by atoms with Crippen LogP contribution in [-0.4, -0.2) is 35.8 Å². The molecule has 1 rings (SSSR count). The molecule has 1 aromatic heterocycles. The molecule has 5 nitrogen and oxygen atoms in total. The van der Waals surface area contributed by atoms with E-state index in [0.29, 0.717) is 13.1 Å². The fourth-order valence-corrected chi connectivity index (χ4v) is 1.37. The molecule has 0 saturated heterocycles. The molecule has 1 aromatic rings. The number of hydrogen-bond donors (Lipinski definition) is 2. The number of alkyl halides is 3. The Morgan fingerprint density at radius 1 is 1.19 bits per heavy atom. The summed E-state index contributed by atoms with van der Waals surface area (Å²) in [4.78, 5) is 7.52. The molecular weight excluding hydrogens is 285 g/mol. The maximum atomic E-state index is 12.8. The van der Waals surface area contributed by atoms with E-state index in [0.717, 1.165) is 12.5 Å². The molecule has 0 aliphatic heterocycles. The van der Waals surface area contributed by atoms with Crippen molar-refractivity contribution in [3.05, 3.63) is 11.8 Å². The Balaban J connectivity index is 2.96. The summed E-state index contributed by atoms with van der Waals surface area (Å²) >= 11 is 0. The summed E-state index contributed by atoms with van der Waals surface area (Å²) in [6.45, 7) is 6.38. The first-order valence-electron chi connectivity index (χ1n) is 6.67. The number of nitrogens with zero attached hydrogens (tertiary/aromatic N) is 2. The second kappa shape index (κ2) is 6.93. The van der Waals surface area contributed by atoms with Crippen molar-refractivity contribution >= 4 is 11.8 Å². The minimum absolute atomic E-state index is 0.0376. The third-order valence-electron chi connectivity index (χ3n) is 2.80. The van der Waals surface area contributed by atoms with E-state index in [9.17, 15) is 13.2 Å². The Labute approximate surface area is 122 Å². The lowest BCUT2D eigenvalue weighted by atomic mass is 10.1. The Hall–Kier alpha value is -1.57. The highest BCUT2D eigenvalue weighted by Gasteiger charge is 2.33. The number of rotatable bonds is 7. The van der Waals surface area contributed by atoms with Gasteiger partial charge in [0.2, 0.25) is 5.95 Å². The first kappa shape index (κ1) is 17.5. The monoisotopic (exact) mass is 306 g/mol. The highest BCUT2D eigenvalue weighted by atomic mass is 19.4. The van der Waals surface area contributed by atoms with Crippen molar-refractivity contribution in [3.8, 4) is 0 Å². The molecule has 0 unspecified atom stereocenters. The molecule has 0 radical (unpaired) electrons. The maximum Gasteiger partial charge on any atom is 0.433 e. The van der Waals surface area contributed by atoms with Gasteiger partial charge in [-0.1, -0.05) is 6.92 Å². The van der Waals surface area contributed by atoms with Gasteiger partial charge in [-0.25, -0.2) is 4.98 Å². The van der Waals surface area contributed by atoms with E-state index in [-0.39, 0.29) is 11.8 Å². The summed E-state index contributed by atoms with van der Waals surface area (Å²) in [6, 6.07) is 0.892. The standard InChI is InChI=1S/C13H21F3N4O/c1-5-6-17-11-19-9(13(14,15)16)7-10(20-11)18-8-12(2,3)21-4/h7H,5-6,8H2,1-4H3,(H2,17,18,19,20). The molecule has 0 aromatic carbocycles. The van der Waals surface area contributed by atoms with Crippen LogP contribution in [0.15, 0.2) is 6.07 Å². The third-order valence-corrected chi connectivity index (χ3v) is 2.80. The van der Waals surface area contributed by atoms with Crippen molar-refractivity contribution in [2.45, 2.75) is 39.0 Å². The largest absolute Gasteiger partial charge is 0.433 e. The lowest BCUT2D eigenvalue weighted by Crippen LogP contribution is -2.32. The van der Waals surface area contributed by atoms with Crippen LogP contribution in [0.25, 0.3) is 0 Å². The van der Waals surface area contributed by atoms with E-state index in [1.807, 2.05) is 20.8 Å². The van der Waals surface area contributed by atoms with Gasteiger partial charge in [0, 0.05) is 26.3 Å². The number of halogens is 3. The molecule has 0 aliphatic carbocycles. The smallest absolute Gasteiger partial charge is 0.377 e. The molecule has 0 atom stereocenters. The number of methoxy groups -OCH3 is 1. The zero-order valence-corrected chi connectivity index (χ0v) is 12.6. The average Bonchev–Trinajstić information content (AvgIpc) is 2.42. The Kier molecular flexibility index (Phi) is 5.77. The van der Waals surface area contributed by atoms with Crippen molar-refractivity contribution in [3.63, 3.8) is 0 Å². The van der Waals surface area contributed by atoms with Crippen LogP contribution in [-0.2, 0) is 10.9 Å². The minimum Gasteiger partial charge on any atom is -0.377 e. The quantitative estimate of drug-likeness (QED) is 0.810. The van der Waals surface area contributed by atoms with Gasteiger partial charge >= 0.3 is 6.18 Å². The van der Waals surface area contributed by atoms with Crippen LogP contribution < -0.4 is 10.6 Å². The highest BCUT2D eigenvalue weighted by molar-refractivity contribution is 5.43. The normalized spacial score (nSPS) is 12.3. The van der Waals surface area contributed by atoms with Gasteiger partial charge in [0.1, 0.15) is 5.82 Å². The third kappa shape index (κ3) is 5.74. The summed E-state index contributed by atoms with van der Waals surface area (Å²) in [5.41, 5.74) is -1.49. The summed E-state index contributed by atoms with van der Waals surface area (Å²) in [7, 11) is 1.54. The van der Waals surface area contributed by atoms with Crippen molar-refractivity contribution < 1.29 is 17.9 Å². The van der Waals surface area contributed by atoms with Crippen molar-refractivity contribution in [2.75, 3.05) is 30.8 Å². The van der Waals surface area contributed by atoms with Crippen molar-refractivity contribution in [1.82, 2.24) is 9.97 Å². The Morgan fingerprint density at radius 3 is 2.38 bits per heavy atom. The lowest BCUT2D eigenvalue weighted by Gasteiger charge is -2.23. The fraction of sp³-hybridized carbons (Fsp3) is 0.692. The zero-order valence-electron chi connectivity index (χ0n) is 12.6. The molecule has 0 aliphatic rings. The van der Waals surface area contributed by atoms with E-state index in [1.165, 1.54) is 7.11 Å². The van der Waals surface area contributed by atoms with Gasteiger partial charge in [-0.15, -0.1) is 0 Å². The molecule has 21 heavy (non-hydrogen) atoms. The second-order valence-corrected chi connectivity index (χ2v) is 5.20. The molecule has 1 heterocycles. The van der Waals surface area contributed by atoms with Crippen LogP contribution in [0.5, 0.6) is 0 Å². The van der Waals surface area contributed by atoms with E-state index in [4.69, 9.17) is 4.74 Å². The van der Waals surface area contributed by atoms with Gasteiger partial charge in [0.25, 0.3) is 0 Å². The predicted molar refractivity (Wildman–Crippen MR) is 75.4 cm³/mol. The molecule has 0 spiro atoms. The fourth-order valence-electron chi connectivity index (χ4n) is 1.37. The van der Waals surface area contributed by atoms with Crippen molar-refractivity contribution in [1.29, 1.82) is 0 Å². The first-order chi connectivity index (χ1) is 9.68. The SMILES string of the molecule is CCCNc1nc(NCC(C)(C)OC)cc(C(F)(F)F)n1. The van der Waals surface area contributed by atoms with E-state index in [2.05, 4.69) is 20.6 Å². The average molecular weight is 306 g/mol. The summed E-state index contributed by atoms with van der Waals surface area (Å²) in [6.07, 6.45) is -3.75. The van der Waals surface area contributed by atoms with Crippen molar-refractivity contribution in [2.24, 2.45) is 0 Å². The summed E-state index contributed by atoms with van der Waals surface area (Å²) in [5, 5.41) is 5.61. The van der Waals surface area contributed by atoms with Crippen LogP contribution in [0, 0.1) is 0 Å². The number of anilines is 2. The van der Waals surface area contributed by atoms with Gasteiger partial charge in [0.15, 0.2) is 5.69 Å². The molecule has 0 amide bonds. The highest BCUT2D eigenvalue weighted by Crippen LogP contribution is 2.29. The summed E-state index contributed by atoms with van der Waals surface area (Å²) < 4.78 is 43.7.